The van der Waals surface area contributed by atoms with Gasteiger partial charge in [-0.05, 0) is 13.3 Å². The first-order valence-corrected chi connectivity index (χ1v) is 4.84. The average Bonchev–Trinajstić information content (AvgIpc) is 2.61. The third kappa shape index (κ3) is 2.89. The number of rotatable bonds is 4. The quantitative estimate of drug-likeness (QED) is 0.280. The molecule has 15 heavy (non-hydrogen) atoms. The van der Waals surface area contributed by atoms with Crippen molar-refractivity contribution in [2.45, 2.75) is 19.8 Å². The van der Waals surface area contributed by atoms with Crippen LogP contribution in [0, 0.1) is 0 Å². The summed E-state index contributed by atoms with van der Waals surface area (Å²) in [7, 11) is 0. The van der Waals surface area contributed by atoms with Crippen LogP contribution < -0.4 is 0 Å². The standard InChI is InChI=1S/C9H13N3O3/c1-2-15-9(14)7(11-10)6-12-5-3-4-8(12)13/h2-6H2,1H3. The number of hydrogen-bond acceptors (Lipinski definition) is 3. The molecule has 0 aromatic rings. The highest BCUT2D eigenvalue weighted by Crippen LogP contribution is 2.08. The molecule has 0 N–H and O–H groups in total. The van der Waals surface area contributed by atoms with Gasteiger partial charge in [0.15, 0.2) is 0 Å². The summed E-state index contributed by atoms with van der Waals surface area (Å²) < 4.78 is 4.67. The number of ether oxygens (including phenoxy) is 1. The minimum Gasteiger partial charge on any atom is -0.457 e. The molecule has 1 saturated heterocycles. The van der Waals surface area contributed by atoms with Gasteiger partial charge in [0.1, 0.15) is 6.54 Å². The summed E-state index contributed by atoms with van der Waals surface area (Å²) in [5.41, 5.74) is 8.49. The Balaban J connectivity index is 2.58. The Bertz CT molecular complexity index is 321. The summed E-state index contributed by atoms with van der Waals surface area (Å²) >= 11 is 0. The molecule has 6 nitrogen and oxygen atoms in total. The van der Waals surface area contributed by atoms with Crippen LogP contribution in [0.3, 0.4) is 0 Å². The highest BCUT2D eigenvalue weighted by molar-refractivity contribution is 6.35. The molecule has 6 heteroatoms. The Morgan fingerprint density at radius 3 is 2.87 bits per heavy atom. The first-order valence-electron chi connectivity index (χ1n) is 4.84. The lowest BCUT2D eigenvalue weighted by atomic mass is 10.3. The lowest BCUT2D eigenvalue weighted by molar-refractivity contribution is -0.140. The number of esters is 1. The molecule has 0 saturated carbocycles. The van der Waals surface area contributed by atoms with Crippen molar-refractivity contribution in [2.75, 3.05) is 19.7 Å². The van der Waals surface area contributed by atoms with Crippen LogP contribution in [-0.2, 0) is 14.3 Å². The molecule has 0 aromatic carbocycles. The molecule has 1 heterocycles. The number of hydrogen-bond donors (Lipinski definition) is 0. The normalized spacial score (nSPS) is 15.0. The van der Waals surface area contributed by atoms with Crippen molar-refractivity contribution < 1.29 is 19.1 Å². The monoisotopic (exact) mass is 211 g/mol. The van der Waals surface area contributed by atoms with E-state index in [1.165, 1.54) is 4.90 Å². The fourth-order valence-electron chi connectivity index (χ4n) is 1.40. The van der Waals surface area contributed by atoms with Gasteiger partial charge in [-0.25, -0.2) is 4.79 Å². The van der Waals surface area contributed by atoms with E-state index in [2.05, 4.69) is 9.53 Å². The average molecular weight is 211 g/mol. The van der Waals surface area contributed by atoms with E-state index in [-0.39, 0.29) is 24.8 Å². The second-order valence-corrected chi connectivity index (χ2v) is 3.19. The summed E-state index contributed by atoms with van der Waals surface area (Å²) in [6, 6.07) is 0. The Hall–Kier alpha value is -1.68. The van der Waals surface area contributed by atoms with E-state index in [0.29, 0.717) is 13.0 Å². The molecule has 0 aliphatic carbocycles. The van der Waals surface area contributed by atoms with Crippen LogP contribution in [0.2, 0.25) is 0 Å². The maximum atomic E-state index is 11.2. The van der Waals surface area contributed by atoms with E-state index in [1.807, 2.05) is 0 Å². The molecule has 1 amide bonds. The van der Waals surface area contributed by atoms with E-state index in [9.17, 15) is 9.59 Å². The zero-order chi connectivity index (χ0) is 11.3. The molecule has 1 aliphatic heterocycles. The van der Waals surface area contributed by atoms with Crippen LogP contribution in [0.4, 0.5) is 0 Å². The van der Waals surface area contributed by atoms with Crippen molar-refractivity contribution in [3.05, 3.63) is 5.53 Å². The molecular formula is C9H13N3O3. The Labute approximate surface area is 87.4 Å². The van der Waals surface area contributed by atoms with Crippen LogP contribution >= 0.6 is 0 Å². The first-order chi connectivity index (χ1) is 7.19. The summed E-state index contributed by atoms with van der Waals surface area (Å²) in [5.74, 6) is -0.708. The Morgan fingerprint density at radius 2 is 2.40 bits per heavy atom. The fourth-order valence-corrected chi connectivity index (χ4v) is 1.40. The molecule has 0 radical (unpaired) electrons. The molecule has 1 aliphatic rings. The van der Waals surface area contributed by atoms with Gasteiger partial charge in [0, 0.05) is 13.0 Å². The van der Waals surface area contributed by atoms with Gasteiger partial charge in [-0.1, -0.05) is 0 Å². The smallest absolute Gasteiger partial charge is 0.418 e. The van der Waals surface area contributed by atoms with Gasteiger partial charge in [-0.3, -0.25) is 4.79 Å². The molecule has 1 rings (SSSR count). The van der Waals surface area contributed by atoms with Crippen molar-refractivity contribution >= 4 is 17.6 Å². The van der Waals surface area contributed by atoms with Crippen molar-refractivity contribution in [3.8, 4) is 0 Å². The summed E-state index contributed by atoms with van der Waals surface area (Å²) in [5, 5.41) is 0. The highest BCUT2D eigenvalue weighted by atomic mass is 16.5. The number of likely N-dealkylation sites (tertiary alicyclic amines) is 1. The molecule has 1 fully saturated rings. The largest absolute Gasteiger partial charge is 0.457 e. The second-order valence-electron chi connectivity index (χ2n) is 3.19. The van der Waals surface area contributed by atoms with E-state index in [1.54, 1.807) is 6.92 Å². The minimum absolute atomic E-state index is 0.0220. The number of carbonyl (C=O) groups is 2. The predicted molar refractivity (Wildman–Crippen MR) is 51.1 cm³/mol. The number of nitrogens with zero attached hydrogens (tertiary/aromatic N) is 3. The molecule has 0 unspecified atom stereocenters. The van der Waals surface area contributed by atoms with Crippen LogP contribution in [0.5, 0.6) is 0 Å². The van der Waals surface area contributed by atoms with Crippen molar-refractivity contribution in [2.24, 2.45) is 0 Å². The van der Waals surface area contributed by atoms with Gasteiger partial charge >= 0.3 is 11.7 Å². The van der Waals surface area contributed by atoms with Gasteiger partial charge in [0.25, 0.3) is 0 Å². The molecule has 0 spiro atoms. The third-order valence-corrected chi connectivity index (χ3v) is 2.14. The minimum atomic E-state index is -0.681. The number of carbonyl (C=O) groups excluding carboxylic acids is 2. The van der Waals surface area contributed by atoms with E-state index in [4.69, 9.17) is 5.53 Å². The van der Waals surface area contributed by atoms with Gasteiger partial charge in [0.05, 0.1) is 6.61 Å². The molecular weight excluding hydrogens is 198 g/mol. The summed E-state index contributed by atoms with van der Waals surface area (Å²) in [6.07, 6.45) is 1.27. The Kier molecular flexibility index (Phi) is 4.00. The first kappa shape index (κ1) is 11.4. The summed E-state index contributed by atoms with van der Waals surface area (Å²) in [6.45, 7) is 2.49. The lowest BCUT2D eigenvalue weighted by Crippen LogP contribution is -2.35. The zero-order valence-electron chi connectivity index (χ0n) is 8.60. The van der Waals surface area contributed by atoms with Gasteiger partial charge < -0.3 is 15.2 Å². The van der Waals surface area contributed by atoms with Gasteiger partial charge in [-0.15, -0.1) is 0 Å². The van der Waals surface area contributed by atoms with Gasteiger partial charge in [0.2, 0.25) is 5.91 Å². The van der Waals surface area contributed by atoms with Crippen molar-refractivity contribution in [1.29, 1.82) is 0 Å². The van der Waals surface area contributed by atoms with Crippen LogP contribution in [-0.4, -0.2) is 47.0 Å². The SMILES string of the molecule is CCOC(=O)C(CN1CCCC1=O)=[N+]=[N-]. The van der Waals surface area contributed by atoms with Gasteiger partial charge in [-0.2, -0.15) is 4.79 Å². The van der Waals surface area contributed by atoms with E-state index < -0.39 is 5.97 Å². The molecule has 0 aromatic heterocycles. The van der Waals surface area contributed by atoms with E-state index >= 15 is 0 Å². The third-order valence-electron chi connectivity index (χ3n) is 2.14. The highest BCUT2D eigenvalue weighted by Gasteiger charge is 2.29. The molecule has 0 bridgehead atoms. The second kappa shape index (κ2) is 5.26. The number of amides is 1. The fraction of sp³-hybridized carbons (Fsp3) is 0.667. The van der Waals surface area contributed by atoms with Crippen LogP contribution in [0.15, 0.2) is 0 Å². The van der Waals surface area contributed by atoms with Crippen LogP contribution in [0.1, 0.15) is 19.8 Å². The lowest BCUT2D eigenvalue weighted by Gasteiger charge is -2.11. The Morgan fingerprint density at radius 1 is 1.67 bits per heavy atom. The maximum Gasteiger partial charge on any atom is 0.418 e. The van der Waals surface area contributed by atoms with Crippen molar-refractivity contribution in [3.63, 3.8) is 0 Å². The topological polar surface area (TPSA) is 83.0 Å². The molecule has 82 valence electrons. The maximum absolute atomic E-state index is 11.2. The van der Waals surface area contributed by atoms with Crippen molar-refractivity contribution in [1.82, 2.24) is 4.90 Å². The van der Waals surface area contributed by atoms with Crippen LogP contribution in [0.25, 0.3) is 5.53 Å². The summed E-state index contributed by atoms with van der Waals surface area (Å²) in [4.78, 5) is 26.8. The molecule has 0 atom stereocenters. The predicted octanol–water partition coefficient (Wildman–Crippen LogP) is -0.157. The van der Waals surface area contributed by atoms with E-state index in [0.717, 1.165) is 6.42 Å². The zero-order valence-corrected chi connectivity index (χ0v) is 8.60.